The molecule has 0 saturated carbocycles. The molecule has 2 aliphatic rings. The minimum Gasteiger partial charge on any atom is -0.375 e. The molecule has 1 spiro atoms. The van der Waals surface area contributed by atoms with Gasteiger partial charge in [-0.05, 0) is 38.5 Å². The van der Waals surface area contributed by atoms with Crippen molar-refractivity contribution < 1.29 is 9.59 Å². The van der Waals surface area contributed by atoms with Crippen LogP contribution in [-0.4, -0.2) is 52.8 Å². The van der Waals surface area contributed by atoms with Crippen LogP contribution in [0.4, 0.5) is 5.13 Å². The average Bonchev–Trinajstić information content (AvgIpc) is 2.93. The molecule has 0 bridgehead atoms. The molecule has 1 aromatic heterocycles. The number of amides is 2. The predicted octanol–water partition coefficient (Wildman–Crippen LogP) is 2.92. The fourth-order valence-corrected chi connectivity index (χ4v) is 5.00. The minimum absolute atomic E-state index is 0.0430. The Morgan fingerprint density at radius 2 is 2.12 bits per heavy atom. The molecule has 26 heavy (non-hydrogen) atoms. The van der Waals surface area contributed by atoms with Crippen LogP contribution < -0.4 is 5.73 Å². The maximum absolute atomic E-state index is 13.0. The normalized spacial score (nSPS) is 23.9. The molecule has 2 saturated heterocycles. The Labute approximate surface area is 159 Å². The molecule has 0 aromatic carbocycles. The van der Waals surface area contributed by atoms with Crippen LogP contribution in [0.1, 0.15) is 61.3 Å². The first-order chi connectivity index (χ1) is 12.3. The number of anilines is 1. The Balaban J connectivity index is 1.71. The molecule has 3 rings (SSSR count). The van der Waals surface area contributed by atoms with E-state index in [1.165, 1.54) is 11.3 Å². The highest BCUT2D eigenvalue weighted by Gasteiger charge is 2.43. The average molecular weight is 379 g/mol. The number of likely N-dealkylation sites (tertiary alicyclic amines) is 2. The van der Waals surface area contributed by atoms with Crippen molar-refractivity contribution >= 4 is 28.3 Å². The Bertz CT molecular complexity index is 687. The minimum atomic E-state index is 0.0430. The van der Waals surface area contributed by atoms with Crippen LogP contribution in [0.2, 0.25) is 0 Å². The van der Waals surface area contributed by atoms with Gasteiger partial charge in [-0.3, -0.25) is 9.59 Å². The Morgan fingerprint density at radius 3 is 2.77 bits per heavy atom. The molecule has 6 nitrogen and oxygen atoms in total. The van der Waals surface area contributed by atoms with Crippen LogP contribution in [0.15, 0.2) is 0 Å². The SMILES string of the molecule is Cc1nc(N)sc1C(=O)N1CCC[C@@]2(CCC(=O)N(CCC(C)C)C2)C1. The molecule has 2 N–H and O–H groups in total. The first-order valence-electron chi connectivity index (χ1n) is 9.60. The largest absolute Gasteiger partial charge is 0.375 e. The molecule has 1 atom stereocenters. The van der Waals surface area contributed by atoms with Crippen molar-refractivity contribution in [2.45, 2.75) is 52.9 Å². The molecular weight excluding hydrogens is 348 g/mol. The van der Waals surface area contributed by atoms with Gasteiger partial charge in [0.2, 0.25) is 5.91 Å². The molecule has 0 radical (unpaired) electrons. The third kappa shape index (κ3) is 4.03. The summed E-state index contributed by atoms with van der Waals surface area (Å²) in [5, 5.41) is 0.445. The monoisotopic (exact) mass is 378 g/mol. The summed E-state index contributed by atoms with van der Waals surface area (Å²) in [4.78, 5) is 34.2. The highest BCUT2D eigenvalue weighted by Crippen LogP contribution is 2.39. The van der Waals surface area contributed by atoms with Crippen LogP contribution >= 0.6 is 11.3 Å². The molecule has 2 amide bonds. The summed E-state index contributed by atoms with van der Waals surface area (Å²) in [5.74, 6) is 0.900. The number of nitrogens with two attached hydrogens (primary N) is 1. The van der Waals surface area contributed by atoms with E-state index in [0.717, 1.165) is 57.6 Å². The van der Waals surface area contributed by atoms with Crippen molar-refractivity contribution in [1.82, 2.24) is 14.8 Å². The van der Waals surface area contributed by atoms with Gasteiger partial charge in [0.25, 0.3) is 5.91 Å². The second-order valence-corrected chi connectivity index (χ2v) is 9.33. The van der Waals surface area contributed by atoms with Gasteiger partial charge >= 0.3 is 0 Å². The van der Waals surface area contributed by atoms with Crippen molar-refractivity contribution in [1.29, 1.82) is 0 Å². The van der Waals surface area contributed by atoms with E-state index >= 15 is 0 Å². The summed E-state index contributed by atoms with van der Waals surface area (Å²) in [6.07, 6.45) is 4.60. The quantitative estimate of drug-likeness (QED) is 0.874. The lowest BCUT2D eigenvalue weighted by Gasteiger charge is -2.48. The van der Waals surface area contributed by atoms with Crippen LogP contribution in [0.25, 0.3) is 0 Å². The molecule has 3 heterocycles. The van der Waals surface area contributed by atoms with Gasteiger partial charge in [0.1, 0.15) is 4.88 Å². The number of nitrogen functional groups attached to an aromatic ring is 1. The Kier molecular flexibility index (Phi) is 5.55. The Hall–Kier alpha value is -1.63. The van der Waals surface area contributed by atoms with Gasteiger partial charge in [-0.15, -0.1) is 0 Å². The van der Waals surface area contributed by atoms with E-state index in [0.29, 0.717) is 22.3 Å². The van der Waals surface area contributed by atoms with Gasteiger partial charge in [0, 0.05) is 38.0 Å². The van der Waals surface area contributed by atoms with E-state index in [1.807, 2.05) is 16.7 Å². The zero-order chi connectivity index (χ0) is 18.9. The van der Waals surface area contributed by atoms with E-state index in [9.17, 15) is 9.59 Å². The summed E-state index contributed by atoms with van der Waals surface area (Å²) < 4.78 is 0. The van der Waals surface area contributed by atoms with Gasteiger partial charge in [-0.25, -0.2) is 4.98 Å². The fourth-order valence-electron chi connectivity index (χ4n) is 4.19. The molecule has 0 unspecified atom stereocenters. The summed E-state index contributed by atoms with van der Waals surface area (Å²) in [6, 6.07) is 0. The van der Waals surface area contributed by atoms with Gasteiger partial charge in [0.15, 0.2) is 5.13 Å². The summed E-state index contributed by atoms with van der Waals surface area (Å²) >= 11 is 1.27. The first-order valence-corrected chi connectivity index (χ1v) is 10.4. The number of thiazole rings is 1. The lowest BCUT2D eigenvalue weighted by molar-refractivity contribution is -0.139. The van der Waals surface area contributed by atoms with E-state index in [-0.39, 0.29) is 17.2 Å². The van der Waals surface area contributed by atoms with E-state index < -0.39 is 0 Å². The fraction of sp³-hybridized carbons (Fsp3) is 0.737. The molecule has 0 aliphatic carbocycles. The highest BCUT2D eigenvalue weighted by molar-refractivity contribution is 7.17. The number of hydrogen-bond acceptors (Lipinski definition) is 5. The van der Waals surface area contributed by atoms with E-state index in [2.05, 4.69) is 18.8 Å². The molecule has 2 fully saturated rings. The maximum Gasteiger partial charge on any atom is 0.265 e. The summed E-state index contributed by atoms with van der Waals surface area (Å²) in [7, 11) is 0. The molecule has 7 heteroatoms. The van der Waals surface area contributed by atoms with Gasteiger partial charge in [-0.2, -0.15) is 0 Å². The van der Waals surface area contributed by atoms with E-state index in [1.54, 1.807) is 0 Å². The zero-order valence-electron chi connectivity index (χ0n) is 16.1. The second kappa shape index (κ2) is 7.55. The smallest absolute Gasteiger partial charge is 0.265 e. The van der Waals surface area contributed by atoms with Crippen LogP contribution in [-0.2, 0) is 4.79 Å². The third-order valence-electron chi connectivity index (χ3n) is 5.68. The first kappa shape index (κ1) is 19.1. The maximum atomic E-state index is 13.0. The summed E-state index contributed by atoms with van der Waals surface area (Å²) in [6.45, 7) is 9.34. The predicted molar refractivity (Wildman–Crippen MR) is 104 cm³/mol. The number of aryl methyl sites for hydroxylation is 1. The number of nitrogens with zero attached hydrogens (tertiary/aromatic N) is 3. The van der Waals surface area contributed by atoms with Gasteiger partial charge in [-0.1, -0.05) is 25.2 Å². The number of carbonyl (C=O) groups excluding carboxylic acids is 2. The third-order valence-corrected chi connectivity index (χ3v) is 6.66. The molecule has 144 valence electrons. The van der Waals surface area contributed by atoms with Gasteiger partial charge in [0.05, 0.1) is 5.69 Å². The van der Waals surface area contributed by atoms with Crippen LogP contribution in [0.3, 0.4) is 0 Å². The number of aromatic nitrogens is 1. The second-order valence-electron chi connectivity index (χ2n) is 8.29. The standard InChI is InChI=1S/C19H30N4O2S/c1-13(2)6-10-22-11-19(8-5-15(22)24)7-4-9-23(12-19)17(25)16-14(3)21-18(20)26-16/h13H,4-12H2,1-3H3,(H2,20,21)/t19-/m0/s1. The number of piperidine rings is 2. The van der Waals surface area contributed by atoms with Crippen LogP contribution in [0, 0.1) is 18.3 Å². The lowest BCUT2D eigenvalue weighted by Crippen LogP contribution is -2.55. The number of rotatable bonds is 4. The van der Waals surface area contributed by atoms with Gasteiger partial charge < -0.3 is 15.5 Å². The van der Waals surface area contributed by atoms with Crippen molar-refractivity contribution in [3.8, 4) is 0 Å². The zero-order valence-corrected chi connectivity index (χ0v) is 16.9. The number of carbonyl (C=O) groups is 2. The van der Waals surface area contributed by atoms with Crippen molar-refractivity contribution in [2.24, 2.45) is 11.3 Å². The van der Waals surface area contributed by atoms with Crippen LogP contribution in [0.5, 0.6) is 0 Å². The van der Waals surface area contributed by atoms with Crippen molar-refractivity contribution in [3.63, 3.8) is 0 Å². The number of hydrogen-bond donors (Lipinski definition) is 1. The van der Waals surface area contributed by atoms with Crippen molar-refractivity contribution in [3.05, 3.63) is 10.6 Å². The topological polar surface area (TPSA) is 79.5 Å². The molecular formula is C19H30N4O2S. The van der Waals surface area contributed by atoms with Crippen molar-refractivity contribution in [2.75, 3.05) is 31.9 Å². The highest BCUT2D eigenvalue weighted by atomic mass is 32.1. The van der Waals surface area contributed by atoms with E-state index in [4.69, 9.17) is 5.73 Å². The molecule has 2 aliphatic heterocycles. The molecule has 1 aromatic rings. The lowest BCUT2D eigenvalue weighted by atomic mass is 9.73. The summed E-state index contributed by atoms with van der Waals surface area (Å²) in [5.41, 5.74) is 6.53. The Morgan fingerprint density at radius 1 is 1.35 bits per heavy atom.